The fourth-order valence-corrected chi connectivity index (χ4v) is 0.832. The van der Waals surface area contributed by atoms with Crippen LogP contribution in [0, 0.1) is 12.3 Å². The minimum absolute atomic E-state index is 0.0419. The van der Waals surface area contributed by atoms with Crippen molar-refractivity contribution in [1.82, 2.24) is 5.32 Å². The quantitative estimate of drug-likeness (QED) is 0.509. The summed E-state index contributed by atoms with van der Waals surface area (Å²) in [6.45, 7) is 5.78. The first-order valence-electron chi connectivity index (χ1n) is 4.49. The number of carbonyl (C=O) groups is 1. The number of hydrogen-bond acceptors (Lipinski definition) is 3. The number of carbonyl (C=O) groups excluding carboxylic acids is 1. The van der Waals surface area contributed by atoms with Crippen LogP contribution in [-0.2, 0) is 9.53 Å². The van der Waals surface area contributed by atoms with Gasteiger partial charge in [-0.25, -0.2) is 0 Å². The zero-order valence-electron chi connectivity index (χ0n) is 8.46. The molecule has 0 saturated carbocycles. The van der Waals surface area contributed by atoms with Crippen LogP contribution >= 0.6 is 0 Å². The van der Waals surface area contributed by atoms with Crippen LogP contribution in [0.3, 0.4) is 0 Å². The highest BCUT2D eigenvalue weighted by atomic mass is 16.5. The van der Waals surface area contributed by atoms with Gasteiger partial charge >= 0.3 is 5.97 Å². The molecular weight excluding hydrogens is 166 g/mol. The van der Waals surface area contributed by atoms with Crippen molar-refractivity contribution in [2.45, 2.75) is 39.3 Å². The summed E-state index contributed by atoms with van der Waals surface area (Å²) in [7, 11) is 0. The summed E-state index contributed by atoms with van der Waals surface area (Å²) < 4.78 is 4.92. The Balaban J connectivity index is 3.64. The summed E-state index contributed by atoms with van der Waals surface area (Å²) >= 11 is 0. The Hall–Kier alpha value is -1.01. The third-order valence-electron chi connectivity index (χ3n) is 1.47. The Morgan fingerprint density at radius 2 is 2.23 bits per heavy atom. The molecule has 0 aromatic heterocycles. The van der Waals surface area contributed by atoms with E-state index in [1.54, 1.807) is 0 Å². The highest BCUT2D eigenvalue weighted by molar-refractivity contribution is 5.71. The second-order valence-corrected chi connectivity index (χ2v) is 3.05. The lowest BCUT2D eigenvalue weighted by Gasteiger charge is -2.11. The average Bonchev–Trinajstić information content (AvgIpc) is 2.05. The van der Waals surface area contributed by atoms with E-state index in [1.165, 1.54) is 0 Å². The monoisotopic (exact) mass is 183 g/mol. The minimum Gasteiger partial charge on any atom is -0.462 e. The summed E-state index contributed by atoms with van der Waals surface area (Å²) in [5.74, 6) is 2.28. The first kappa shape index (κ1) is 12.0. The van der Waals surface area contributed by atoms with Gasteiger partial charge in [-0.15, -0.1) is 6.42 Å². The molecule has 0 aliphatic heterocycles. The van der Waals surface area contributed by atoms with Crippen LogP contribution in [0.4, 0.5) is 0 Å². The fraction of sp³-hybridized carbons (Fsp3) is 0.700. The summed E-state index contributed by atoms with van der Waals surface area (Å²) in [6, 6.07) is -0.0419. The Morgan fingerprint density at radius 3 is 2.62 bits per heavy atom. The second-order valence-electron chi connectivity index (χ2n) is 3.05. The molecule has 0 bridgehead atoms. The molecule has 3 heteroatoms. The van der Waals surface area contributed by atoms with Gasteiger partial charge < -0.3 is 4.74 Å². The van der Waals surface area contributed by atoms with E-state index in [0.717, 1.165) is 6.42 Å². The topological polar surface area (TPSA) is 38.3 Å². The molecule has 0 aliphatic rings. The molecule has 1 N–H and O–H groups in total. The van der Waals surface area contributed by atoms with E-state index in [0.29, 0.717) is 0 Å². The highest BCUT2D eigenvalue weighted by Crippen LogP contribution is 1.90. The van der Waals surface area contributed by atoms with Gasteiger partial charge in [0, 0.05) is 0 Å². The molecule has 0 rings (SSSR count). The van der Waals surface area contributed by atoms with Crippen LogP contribution in [0.25, 0.3) is 0 Å². The van der Waals surface area contributed by atoms with E-state index in [1.807, 2.05) is 20.8 Å². The van der Waals surface area contributed by atoms with Gasteiger partial charge in [-0.3, -0.25) is 10.1 Å². The zero-order chi connectivity index (χ0) is 10.3. The molecule has 0 aromatic carbocycles. The van der Waals surface area contributed by atoms with E-state index < -0.39 is 0 Å². The van der Waals surface area contributed by atoms with Crippen LogP contribution in [0.1, 0.15) is 27.2 Å². The maximum Gasteiger partial charge on any atom is 0.320 e. The lowest BCUT2D eigenvalue weighted by Crippen LogP contribution is -2.33. The Morgan fingerprint density at radius 1 is 1.62 bits per heavy atom. The Bertz CT molecular complexity index is 194. The van der Waals surface area contributed by atoms with Gasteiger partial charge in [0.25, 0.3) is 0 Å². The third-order valence-corrected chi connectivity index (χ3v) is 1.47. The molecule has 0 heterocycles. The van der Waals surface area contributed by atoms with Gasteiger partial charge in [-0.2, -0.15) is 0 Å². The van der Waals surface area contributed by atoms with Gasteiger partial charge in [-0.1, -0.05) is 12.8 Å². The molecule has 1 unspecified atom stereocenters. The van der Waals surface area contributed by atoms with Gasteiger partial charge in [0.1, 0.15) is 0 Å². The molecular formula is C10H17NO2. The van der Waals surface area contributed by atoms with Gasteiger partial charge in [-0.05, 0) is 20.3 Å². The standard InChI is InChI=1S/C10H17NO2/c1-5-9(6-2)11-7-10(12)13-8(3)4/h1,8-9,11H,6-7H2,2-4H3. The number of rotatable bonds is 5. The van der Waals surface area contributed by atoms with Crippen molar-refractivity contribution in [3.8, 4) is 12.3 Å². The first-order chi connectivity index (χ1) is 6.10. The second kappa shape index (κ2) is 6.50. The molecule has 0 aliphatic carbocycles. The average molecular weight is 183 g/mol. The van der Waals surface area contributed by atoms with Crippen LogP contribution < -0.4 is 5.32 Å². The number of nitrogens with one attached hydrogen (secondary N) is 1. The molecule has 0 fully saturated rings. The van der Waals surface area contributed by atoms with Crippen LogP contribution in [0.2, 0.25) is 0 Å². The first-order valence-corrected chi connectivity index (χ1v) is 4.49. The molecule has 0 saturated heterocycles. The van der Waals surface area contributed by atoms with E-state index in [2.05, 4.69) is 11.2 Å². The lowest BCUT2D eigenvalue weighted by atomic mass is 10.2. The third kappa shape index (κ3) is 6.18. The Kier molecular flexibility index (Phi) is 5.99. The summed E-state index contributed by atoms with van der Waals surface area (Å²) in [6.07, 6.45) is 5.95. The highest BCUT2D eigenvalue weighted by Gasteiger charge is 2.07. The summed E-state index contributed by atoms with van der Waals surface area (Å²) in [4.78, 5) is 11.0. The van der Waals surface area contributed by atoms with Crippen molar-refractivity contribution in [2.24, 2.45) is 0 Å². The predicted molar refractivity (Wildman–Crippen MR) is 52.1 cm³/mol. The maximum absolute atomic E-state index is 11.0. The largest absolute Gasteiger partial charge is 0.462 e. The smallest absolute Gasteiger partial charge is 0.320 e. The number of hydrogen-bond donors (Lipinski definition) is 1. The predicted octanol–water partition coefficient (Wildman–Crippen LogP) is 0.939. The van der Waals surface area contributed by atoms with Crippen molar-refractivity contribution >= 4 is 5.97 Å². The van der Waals surface area contributed by atoms with Crippen molar-refractivity contribution in [3.05, 3.63) is 0 Å². The number of esters is 1. The maximum atomic E-state index is 11.0. The van der Waals surface area contributed by atoms with Gasteiger partial charge in [0.05, 0.1) is 18.7 Å². The molecule has 3 nitrogen and oxygen atoms in total. The number of terminal acetylenes is 1. The van der Waals surface area contributed by atoms with Crippen molar-refractivity contribution in [2.75, 3.05) is 6.54 Å². The summed E-state index contributed by atoms with van der Waals surface area (Å²) in [5.41, 5.74) is 0. The van der Waals surface area contributed by atoms with Gasteiger partial charge in [0.15, 0.2) is 0 Å². The van der Waals surface area contributed by atoms with Crippen LogP contribution in [0.5, 0.6) is 0 Å². The van der Waals surface area contributed by atoms with Crippen molar-refractivity contribution in [3.63, 3.8) is 0 Å². The zero-order valence-corrected chi connectivity index (χ0v) is 8.46. The van der Waals surface area contributed by atoms with E-state index in [9.17, 15) is 4.79 Å². The van der Waals surface area contributed by atoms with E-state index in [-0.39, 0.29) is 24.7 Å². The molecule has 74 valence electrons. The normalized spacial score (nSPS) is 12.2. The number of ether oxygens (including phenoxy) is 1. The van der Waals surface area contributed by atoms with Crippen molar-refractivity contribution < 1.29 is 9.53 Å². The fourth-order valence-electron chi connectivity index (χ4n) is 0.832. The minimum atomic E-state index is -0.260. The van der Waals surface area contributed by atoms with E-state index >= 15 is 0 Å². The van der Waals surface area contributed by atoms with E-state index in [4.69, 9.17) is 11.2 Å². The molecule has 0 spiro atoms. The SMILES string of the molecule is C#CC(CC)NCC(=O)OC(C)C. The molecule has 0 radical (unpaired) electrons. The van der Waals surface area contributed by atoms with Crippen molar-refractivity contribution in [1.29, 1.82) is 0 Å². The lowest BCUT2D eigenvalue weighted by molar-refractivity contribution is -0.146. The van der Waals surface area contributed by atoms with Gasteiger partial charge in [0.2, 0.25) is 0 Å². The molecule has 13 heavy (non-hydrogen) atoms. The van der Waals surface area contributed by atoms with Crippen LogP contribution in [0.15, 0.2) is 0 Å². The Labute approximate surface area is 79.8 Å². The summed E-state index contributed by atoms with van der Waals surface area (Å²) in [5, 5.41) is 2.91. The van der Waals surface area contributed by atoms with Crippen LogP contribution in [-0.4, -0.2) is 24.7 Å². The molecule has 0 amide bonds. The molecule has 0 aromatic rings. The molecule has 1 atom stereocenters.